The molecule has 24 heavy (non-hydrogen) atoms. The Morgan fingerprint density at radius 1 is 1.21 bits per heavy atom. The second-order valence-electron chi connectivity index (χ2n) is 6.61. The molecule has 1 atom stereocenters. The Hall–Kier alpha value is -2.04. The zero-order chi connectivity index (χ0) is 17.4. The van der Waals surface area contributed by atoms with E-state index in [2.05, 4.69) is 27.7 Å². The lowest BCUT2D eigenvalue weighted by Gasteiger charge is -2.20. The first kappa shape index (κ1) is 18.3. The predicted molar refractivity (Wildman–Crippen MR) is 96.9 cm³/mol. The Bertz CT molecular complexity index is 527. The summed E-state index contributed by atoms with van der Waals surface area (Å²) in [6, 6.07) is 9.70. The van der Waals surface area contributed by atoms with Crippen LogP contribution in [0.5, 0.6) is 0 Å². The number of anilines is 1. The van der Waals surface area contributed by atoms with Crippen LogP contribution in [0.2, 0.25) is 0 Å². The molecule has 1 fully saturated rings. The number of nitrogens with one attached hydrogen (secondary N) is 2. The van der Waals surface area contributed by atoms with Gasteiger partial charge >= 0.3 is 0 Å². The lowest BCUT2D eigenvalue weighted by Crippen LogP contribution is -2.46. The number of carbonyl (C=O) groups is 2. The van der Waals surface area contributed by atoms with Gasteiger partial charge in [0, 0.05) is 31.7 Å². The van der Waals surface area contributed by atoms with Crippen LogP contribution >= 0.6 is 0 Å². The molecule has 0 bridgehead atoms. The molecule has 132 valence electrons. The van der Waals surface area contributed by atoms with Crippen LogP contribution in [0.3, 0.4) is 0 Å². The molecule has 1 aliphatic carbocycles. The monoisotopic (exact) mass is 331 g/mol. The smallest absolute Gasteiger partial charge is 0.242 e. The lowest BCUT2D eigenvalue weighted by molar-refractivity contribution is -0.130. The van der Waals surface area contributed by atoms with Gasteiger partial charge in [-0.3, -0.25) is 9.59 Å². The van der Waals surface area contributed by atoms with Crippen molar-refractivity contribution in [2.45, 2.75) is 45.1 Å². The molecule has 2 amide bonds. The summed E-state index contributed by atoms with van der Waals surface area (Å²) in [7, 11) is 2.04. The summed E-state index contributed by atoms with van der Waals surface area (Å²) >= 11 is 0. The van der Waals surface area contributed by atoms with E-state index in [1.165, 1.54) is 5.69 Å². The Morgan fingerprint density at radius 3 is 2.54 bits per heavy atom. The van der Waals surface area contributed by atoms with Crippen molar-refractivity contribution in [3.05, 3.63) is 30.3 Å². The van der Waals surface area contributed by atoms with Crippen molar-refractivity contribution < 1.29 is 9.59 Å². The number of nitrogens with zero attached hydrogens (tertiary/aromatic N) is 1. The fraction of sp³-hybridized carbons (Fsp3) is 0.579. The van der Waals surface area contributed by atoms with E-state index < -0.39 is 6.04 Å². The average Bonchev–Trinajstić information content (AvgIpc) is 3.13. The lowest BCUT2D eigenvalue weighted by atomic mass is 10.1. The molecule has 0 heterocycles. The Morgan fingerprint density at radius 2 is 1.88 bits per heavy atom. The van der Waals surface area contributed by atoms with Gasteiger partial charge in [0.1, 0.15) is 6.04 Å². The molecular formula is C19H29N3O2. The highest BCUT2D eigenvalue weighted by molar-refractivity contribution is 5.88. The summed E-state index contributed by atoms with van der Waals surface area (Å²) in [5.41, 5.74) is 1.17. The molecule has 0 saturated heterocycles. The minimum atomic E-state index is -0.468. The van der Waals surface area contributed by atoms with Crippen molar-refractivity contribution in [2.75, 3.05) is 25.0 Å². The summed E-state index contributed by atoms with van der Waals surface area (Å²) in [5.74, 6) is 0.0162. The molecule has 1 unspecified atom stereocenters. The van der Waals surface area contributed by atoms with Crippen LogP contribution in [-0.2, 0) is 9.59 Å². The molecule has 1 aromatic carbocycles. The topological polar surface area (TPSA) is 61.4 Å². The highest BCUT2D eigenvalue weighted by Gasteiger charge is 2.25. The van der Waals surface area contributed by atoms with Crippen LogP contribution < -0.4 is 15.5 Å². The van der Waals surface area contributed by atoms with E-state index in [-0.39, 0.29) is 17.7 Å². The maximum Gasteiger partial charge on any atom is 0.242 e. The van der Waals surface area contributed by atoms with Crippen LogP contribution in [0, 0.1) is 5.92 Å². The Balaban J connectivity index is 1.62. The molecule has 2 N–H and O–H groups in total. The molecule has 5 nitrogen and oxygen atoms in total. The first-order chi connectivity index (χ1) is 11.6. The second-order valence-corrected chi connectivity index (χ2v) is 6.61. The molecule has 1 saturated carbocycles. The minimum Gasteiger partial charge on any atom is -0.375 e. The predicted octanol–water partition coefficient (Wildman–Crippen LogP) is 2.32. The molecule has 2 rings (SSSR count). The number of hydrogen-bond acceptors (Lipinski definition) is 3. The standard InChI is InChI=1S/C19H29N3O2/c1-15(21-19(24)16-9-6-7-10-16)18(23)20-13-8-14-22(2)17-11-4-3-5-12-17/h3-5,11-12,15-16H,6-10,13-14H2,1-2H3,(H,20,23)(H,21,24). The van der Waals surface area contributed by atoms with Gasteiger partial charge in [-0.05, 0) is 38.3 Å². The number of hydrogen-bond donors (Lipinski definition) is 2. The molecule has 0 aromatic heterocycles. The average molecular weight is 331 g/mol. The summed E-state index contributed by atoms with van der Waals surface area (Å²) in [5, 5.41) is 5.74. The van der Waals surface area contributed by atoms with E-state index in [9.17, 15) is 9.59 Å². The van der Waals surface area contributed by atoms with Crippen molar-refractivity contribution in [3.63, 3.8) is 0 Å². The quantitative estimate of drug-likeness (QED) is 0.719. The van der Waals surface area contributed by atoms with Gasteiger partial charge in [-0.15, -0.1) is 0 Å². The third kappa shape index (κ3) is 5.55. The first-order valence-corrected chi connectivity index (χ1v) is 8.92. The fourth-order valence-electron chi connectivity index (χ4n) is 3.08. The summed E-state index contributed by atoms with van der Waals surface area (Å²) in [6.07, 6.45) is 5.00. The van der Waals surface area contributed by atoms with Gasteiger partial charge in [-0.2, -0.15) is 0 Å². The van der Waals surface area contributed by atoms with E-state index in [1.54, 1.807) is 6.92 Å². The Labute approximate surface area is 144 Å². The molecular weight excluding hydrogens is 302 g/mol. The fourth-order valence-corrected chi connectivity index (χ4v) is 3.08. The molecule has 1 aliphatic rings. The maximum atomic E-state index is 12.1. The summed E-state index contributed by atoms with van der Waals surface area (Å²) < 4.78 is 0. The maximum absolute atomic E-state index is 12.1. The van der Waals surface area contributed by atoms with Crippen LogP contribution in [0.1, 0.15) is 39.0 Å². The number of rotatable bonds is 8. The zero-order valence-corrected chi connectivity index (χ0v) is 14.8. The highest BCUT2D eigenvalue weighted by Crippen LogP contribution is 2.24. The van der Waals surface area contributed by atoms with E-state index >= 15 is 0 Å². The van der Waals surface area contributed by atoms with Crippen LogP contribution in [-0.4, -0.2) is 38.0 Å². The van der Waals surface area contributed by atoms with Crippen LogP contribution in [0.15, 0.2) is 30.3 Å². The molecule has 5 heteroatoms. The zero-order valence-electron chi connectivity index (χ0n) is 14.8. The van der Waals surface area contributed by atoms with Gasteiger partial charge in [-0.25, -0.2) is 0 Å². The van der Waals surface area contributed by atoms with E-state index in [1.807, 2.05) is 25.2 Å². The van der Waals surface area contributed by atoms with Crippen molar-refractivity contribution in [1.29, 1.82) is 0 Å². The van der Waals surface area contributed by atoms with Gasteiger partial charge in [-0.1, -0.05) is 31.0 Å². The number of benzene rings is 1. The number of para-hydroxylation sites is 1. The number of carbonyl (C=O) groups excluding carboxylic acids is 2. The van der Waals surface area contributed by atoms with E-state index in [0.29, 0.717) is 6.54 Å². The third-order valence-corrected chi connectivity index (χ3v) is 4.64. The van der Waals surface area contributed by atoms with E-state index in [0.717, 1.165) is 38.6 Å². The van der Waals surface area contributed by atoms with Gasteiger partial charge < -0.3 is 15.5 Å². The van der Waals surface area contributed by atoms with Gasteiger partial charge in [0.05, 0.1) is 0 Å². The normalized spacial score (nSPS) is 15.8. The van der Waals surface area contributed by atoms with Crippen molar-refractivity contribution >= 4 is 17.5 Å². The second kappa shape index (κ2) is 9.30. The van der Waals surface area contributed by atoms with E-state index in [4.69, 9.17) is 0 Å². The number of amides is 2. The molecule has 0 radical (unpaired) electrons. The van der Waals surface area contributed by atoms with Crippen LogP contribution in [0.4, 0.5) is 5.69 Å². The van der Waals surface area contributed by atoms with Gasteiger partial charge in [0.2, 0.25) is 11.8 Å². The molecule has 1 aromatic rings. The summed E-state index contributed by atoms with van der Waals surface area (Å²) in [6.45, 7) is 3.23. The first-order valence-electron chi connectivity index (χ1n) is 8.92. The molecule has 0 spiro atoms. The van der Waals surface area contributed by atoms with Crippen molar-refractivity contribution in [3.8, 4) is 0 Å². The largest absolute Gasteiger partial charge is 0.375 e. The van der Waals surface area contributed by atoms with Crippen LogP contribution in [0.25, 0.3) is 0 Å². The van der Waals surface area contributed by atoms with Gasteiger partial charge in [0.15, 0.2) is 0 Å². The SMILES string of the molecule is CC(NC(=O)C1CCCC1)C(=O)NCCCN(C)c1ccccc1. The Kier molecular flexibility index (Phi) is 7.09. The minimum absolute atomic E-state index is 0.0268. The van der Waals surface area contributed by atoms with Gasteiger partial charge in [0.25, 0.3) is 0 Å². The highest BCUT2D eigenvalue weighted by atomic mass is 16.2. The molecule has 0 aliphatic heterocycles. The van der Waals surface area contributed by atoms with Crippen molar-refractivity contribution in [2.24, 2.45) is 5.92 Å². The van der Waals surface area contributed by atoms with Crippen molar-refractivity contribution in [1.82, 2.24) is 10.6 Å². The third-order valence-electron chi connectivity index (χ3n) is 4.64. The summed E-state index contributed by atoms with van der Waals surface area (Å²) in [4.78, 5) is 26.3.